The predicted octanol–water partition coefficient (Wildman–Crippen LogP) is 2.64. The summed E-state index contributed by atoms with van der Waals surface area (Å²) in [5, 5.41) is 4.21. The zero-order valence-corrected chi connectivity index (χ0v) is 12.6. The fourth-order valence-corrected chi connectivity index (χ4v) is 4.42. The lowest BCUT2D eigenvalue weighted by molar-refractivity contribution is -0.122. The van der Waals surface area contributed by atoms with Crippen LogP contribution in [0.15, 0.2) is 4.52 Å². The number of piperidine rings is 1. The third-order valence-corrected chi connectivity index (χ3v) is 5.77. The normalized spacial score (nSPS) is 37.1. The van der Waals surface area contributed by atoms with E-state index >= 15 is 0 Å². The largest absolute Gasteiger partial charge is 0.339 e. The molecular weight excluding hydrogens is 266 g/mol. The van der Waals surface area contributed by atoms with Crippen molar-refractivity contribution in [1.82, 2.24) is 15.0 Å². The minimum Gasteiger partial charge on any atom is -0.339 e. The van der Waals surface area contributed by atoms with Gasteiger partial charge in [0.25, 0.3) is 0 Å². The summed E-state index contributed by atoms with van der Waals surface area (Å²) in [6.45, 7) is 0. The number of Topliss-reactive ketones (excluding diaryl/α,β-unsaturated/α-hetero) is 1. The van der Waals surface area contributed by atoms with Gasteiger partial charge in [-0.05, 0) is 45.6 Å². The van der Waals surface area contributed by atoms with Crippen LogP contribution in [0.4, 0.5) is 0 Å². The maximum absolute atomic E-state index is 12.0. The standard InChI is InChI=1S/C16H23N3O2/c1-19-11-6-7-12(19)9-10(8-11)15-17-16(21-18-15)13-4-2-3-5-14(13)20/h10-13H,2-9H2,1H3. The SMILES string of the molecule is CN1C2CCC1CC(c1noc(C3CCCCC3=O)n1)C2. The Bertz CT molecular complexity index is 527. The molecule has 3 fully saturated rings. The lowest BCUT2D eigenvalue weighted by Crippen LogP contribution is -2.39. The van der Waals surface area contributed by atoms with Gasteiger partial charge in [0, 0.05) is 24.4 Å². The van der Waals surface area contributed by atoms with Crippen LogP contribution >= 0.6 is 0 Å². The van der Waals surface area contributed by atoms with Gasteiger partial charge in [0.2, 0.25) is 5.89 Å². The summed E-state index contributed by atoms with van der Waals surface area (Å²) in [4.78, 5) is 19.1. The Hall–Kier alpha value is -1.23. The topological polar surface area (TPSA) is 59.2 Å². The van der Waals surface area contributed by atoms with E-state index in [1.165, 1.54) is 12.8 Å². The summed E-state index contributed by atoms with van der Waals surface area (Å²) in [7, 11) is 2.24. The molecule has 1 aromatic rings. The van der Waals surface area contributed by atoms with Crippen LogP contribution in [0.1, 0.15) is 74.9 Å². The first-order valence-electron chi connectivity index (χ1n) is 8.30. The van der Waals surface area contributed by atoms with Crippen molar-refractivity contribution in [2.24, 2.45) is 0 Å². The molecule has 0 radical (unpaired) electrons. The molecule has 3 atom stereocenters. The molecule has 1 aliphatic carbocycles. The van der Waals surface area contributed by atoms with E-state index in [9.17, 15) is 4.79 Å². The molecule has 1 saturated carbocycles. The monoisotopic (exact) mass is 289 g/mol. The van der Waals surface area contributed by atoms with Crippen molar-refractivity contribution in [3.8, 4) is 0 Å². The van der Waals surface area contributed by atoms with Gasteiger partial charge in [-0.25, -0.2) is 0 Å². The Morgan fingerprint density at radius 3 is 2.62 bits per heavy atom. The van der Waals surface area contributed by atoms with Crippen molar-refractivity contribution in [2.75, 3.05) is 7.05 Å². The molecule has 0 amide bonds. The fraction of sp³-hybridized carbons (Fsp3) is 0.812. The van der Waals surface area contributed by atoms with Gasteiger partial charge in [-0.1, -0.05) is 11.6 Å². The van der Waals surface area contributed by atoms with Crippen molar-refractivity contribution in [3.05, 3.63) is 11.7 Å². The number of hydrogen-bond donors (Lipinski definition) is 0. The lowest BCUT2D eigenvalue weighted by Gasteiger charge is -2.34. The summed E-state index contributed by atoms with van der Waals surface area (Å²) in [5.41, 5.74) is 0. The fourth-order valence-electron chi connectivity index (χ4n) is 4.42. The molecule has 0 spiro atoms. The highest BCUT2D eigenvalue weighted by Gasteiger charge is 2.41. The average Bonchev–Trinajstić information content (AvgIpc) is 3.02. The second-order valence-corrected chi connectivity index (χ2v) is 6.97. The second-order valence-electron chi connectivity index (χ2n) is 6.97. The number of ketones is 1. The van der Waals surface area contributed by atoms with Gasteiger partial charge in [0.15, 0.2) is 5.82 Å². The minimum atomic E-state index is -0.136. The van der Waals surface area contributed by atoms with Crippen molar-refractivity contribution >= 4 is 5.78 Å². The minimum absolute atomic E-state index is 0.136. The number of rotatable bonds is 2. The van der Waals surface area contributed by atoms with Crippen molar-refractivity contribution < 1.29 is 9.32 Å². The smallest absolute Gasteiger partial charge is 0.237 e. The summed E-state index contributed by atoms with van der Waals surface area (Å²) < 4.78 is 5.45. The van der Waals surface area contributed by atoms with Crippen LogP contribution in [0.3, 0.4) is 0 Å². The average molecular weight is 289 g/mol. The third-order valence-electron chi connectivity index (χ3n) is 5.77. The quantitative estimate of drug-likeness (QED) is 0.837. The molecule has 2 saturated heterocycles. The zero-order chi connectivity index (χ0) is 14.4. The Balaban J connectivity index is 1.51. The van der Waals surface area contributed by atoms with E-state index < -0.39 is 0 Å². The van der Waals surface area contributed by atoms with E-state index in [-0.39, 0.29) is 11.7 Å². The van der Waals surface area contributed by atoms with Crippen LogP contribution in [0.5, 0.6) is 0 Å². The maximum Gasteiger partial charge on any atom is 0.237 e. The Morgan fingerprint density at radius 2 is 1.90 bits per heavy atom. The van der Waals surface area contributed by atoms with Gasteiger partial charge >= 0.3 is 0 Å². The molecule has 0 aromatic carbocycles. The van der Waals surface area contributed by atoms with Gasteiger partial charge in [0.05, 0.1) is 5.92 Å². The number of fused-ring (bicyclic) bond motifs is 2. The van der Waals surface area contributed by atoms with Crippen LogP contribution < -0.4 is 0 Å². The molecule has 4 rings (SSSR count). The highest BCUT2D eigenvalue weighted by atomic mass is 16.5. The molecule has 3 aliphatic rings. The maximum atomic E-state index is 12.0. The second kappa shape index (κ2) is 5.20. The van der Waals surface area contributed by atoms with Gasteiger partial charge in [-0.3, -0.25) is 4.79 Å². The molecule has 114 valence electrons. The van der Waals surface area contributed by atoms with Crippen LogP contribution in [-0.4, -0.2) is 40.0 Å². The Kier molecular flexibility index (Phi) is 3.32. The van der Waals surface area contributed by atoms with Crippen LogP contribution in [0.2, 0.25) is 0 Å². The van der Waals surface area contributed by atoms with Crippen molar-refractivity contribution in [3.63, 3.8) is 0 Å². The van der Waals surface area contributed by atoms with Crippen molar-refractivity contribution in [2.45, 2.75) is 75.3 Å². The van der Waals surface area contributed by atoms with E-state index in [2.05, 4.69) is 22.1 Å². The van der Waals surface area contributed by atoms with E-state index in [1.807, 2.05) is 0 Å². The van der Waals surface area contributed by atoms with Crippen LogP contribution in [0.25, 0.3) is 0 Å². The summed E-state index contributed by atoms with van der Waals surface area (Å²) in [6.07, 6.45) is 8.49. The number of carbonyl (C=O) groups excluding carboxylic acids is 1. The van der Waals surface area contributed by atoms with Gasteiger partial charge in [-0.15, -0.1) is 0 Å². The number of nitrogens with zero attached hydrogens (tertiary/aromatic N) is 3. The van der Waals surface area contributed by atoms with Crippen molar-refractivity contribution in [1.29, 1.82) is 0 Å². The number of carbonyl (C=O) groups is 1. The molecule has 0 N–H and O–H groups in total. The predicted molar refractivity (Wildman–Crippen MR) is 77.1 cm³/mol. The molecule has 3 unspecified atom stereocenters. The highest BCUT2D eigenvalue weighted by Crippen LogP contribution is 2.41. The molecule has 5 nitrogen and oxygen atoms in total. The lowest BCUT2D eigenvalue weighted by atomic mass is 9.87. The van der Waals surface area contributed by atoms with E-state index in [4.69, 9.17) is 4.52 Å². The highest BCUT2D eigenvalue weighted by molar-refractivity contribution is 5.85. The van der Waals surface area contributed by atoms with Gasteiger partial charge in [0.1, 0.15) is 5.78 Å². The van der Waals surface area contributed by atoms with Gasteiger partial charge in [-0.2, -0.15) is 4.98 Å². The van der Waals surface area contributed by atoms with Crippen LogP contribution in [-0.2, 0) is 4.79 Å². The number of aromatic nitrogens is 2. The van der Waals surface area contributed by atoms with E-state index in [0.717, 1.165) is 37.9 Å². The molecule has 1 aromatic heterocycles. The summed E-state index contributed by atoms with van der Waals surface area (Å²) in [5.74, 6) is 1.96. The van der Waals surface area contributed by atoms with Gasteiger partial charge < -0.3 is 9.42 Å². The molecule has 2 bridgehead atoms. The molecule has 21 heavy (non-hydrogen) atoms. The molecule has 3 heterocycles. The van der Waals surface area contributed by atoms with E-state index in [1.54, 1.807) is 0 Å². The zero-order valence-electron chi connectivity index (χ0n) is 12.6. The Morgan fingerprint density at radius 1 is 1.14 bits per heavy atom. The number of hydrogen-bond acceptors (Lipinski definition) is 5. The first-order valence-corrected chi connectivity index (χ1v) is 8.30. The van der Waals surface area contributed by atoms with Crippen LogP contribution in [0, 0.1) is 0 Å². The summed E-state index contributed by atoms with van der Waals surface area (Å²) in [6, 6.07) is 1.35. The first-order chi connectivity index (χ1) is 10.2. The summed E-state index contributed by atoms with van der Waals surface area (Å²) >= 11 is 0. The third kappa shape index (κ3) is 2.31. The molecule has 2 aliphatic heterocycles. The first kappa shape index (κ1) is 13.4. The molecule has 5 heteroatoms. The Labute approximate surface area is 125 Å². The molecular formula is C16H23N3O2. The van der Waals surface area contributed by atoms with E-state index in [0.29, 0.717) is 30.3 Å².